The number of hydrogen-bond acceptors (Lipinski definition) is 2. The van der Waals surface area contributed by atoms with Crippen LogP contribution in [0.5, 0.6) is 11.5 Å². The summed E-state index contributed by atoms with van der Waals surface area (Å²) in [7, 11) is 7.84. The van der Waals surface area contributed by atoms with Crippen LogP contribution in [-0.4, -0.2) is 40.9 Å². The van der Waals surface area contributed by atoms with Gasteiger partial charge in [0.25, 0.3) is 0 Å². The molecule has 0 heterocycles. The molecule has 0 aromatic heterocycles. The van der Waals surface area contributed by atoms with Crippen LogP contribution in [-0.2, 0) is 0 Å². The number of rotatable bonds is 7. The minimum atomic E-state index is 0.458. The predicted octanol–water partition coefficient (Wildman–Crippen LogP) is 0.417. The largest absolute Gasteiger partial charge is 0.493 e. The van der Waals surface area contributed by atoms with E-state index in [9.17, 15) is 0 Å². The standard InChI is InChI=1S/C19H28N2O2/c1-21(2)17(12-20-16-10-13-6-5-7-15(13)16)14-8-9-18(22-3)19(11-14)23-4/h5,7-9,11,13,15-17,20H,6,10,12H2,1-4H3/p+2/t13-,15+,16+,17-/m1/s1. The van der Waals surface area contributed by atoms with Crippen LogP contribution in [0.1, 0.15) is 24.4 Å². The van der Waals surface area contributed by atoms with Gasteiger partial charge in [0.2, 0.25) is 0 Å². The number of nitrogens with one attached hydrogen (secondary N) is 1. The van der Waals surface area contributed by atoms with Crippen molar-refractivity contribution in [2.24, 2.45) is 11.8 Å². The van der Waals surface area contributed by atoms with Crippen LogP contribution in [0, 0.1) is 11.8 Å². The van der Waals surface area contributed by atoms with Crippen molar-refractivity contribution in [2.45, 2.75) is 24.9 Å². The van der Waals surface area contributed by atoms with Gasteiger partial charge >= 0.3 is 0 Å². The molecular weight excluding hydrogens is 288 g/mol. The van der Waals surface area contributed by atoms with Gasteiger partial charge in [0.1, 0.15) is 6.54 Å². The molecule has 4 heteroatoms. The van der Waals surface area contributed by atoms with E-state index in [4.69, 9.17) is 9.47 Å². The topological polar surface area (TPSA) is 39.5 Å². The Kier molecular flexibility index (Phi) is 4.93. The zero-order valence-corrected chi connectivity index (χ0v) is 14.7. The molecule has 0 radical (unpaired) electrons. The molecule has 1 aromatic carbocycles. The molecule has 4 atom stereocenters. The quantitative estimate of drug-likeness (QED) is 0.715. The molecule has 0 aliphatic heterocycles. The van der Waals surface area contributed by atoms with Crippen LogP contribution in [0.2, 0.25) is 0 Å². The summed E-state index contributed by atoms with van der Waals surface area (Å²) in [6, 6.07) is 7.55. The van der Waals surface area contributed by atoms with Gasteiger partial charge in [-0.05, 0) is 30.5 Å². The van der Waals surface area contributed by atoms with Gasteiger partial charge in [-0.15, -0.1) is 0 Å². The minimum absolute atomic E-state index is 0.458. The van der Waals surface area contributed by atoms with Crippen LogP contribution in [0.15, 0.2) is 30.4 Å². The van der Waals surface area contributed by atoms with Gasteiger partial charge in [-0.3, -0.25) is 0 Å². The maximum atomic E-state index is 5.47. The highest BCUT2D eigenvalue weighted by atomic mass is 16.5. The van der Waals surface area contributed by atoms with Crippen molar-refractivity contribution in [3.8, 4) is 11.5 Å². The molecule has 1 saturated carbocycles. The first kappa shape index (κ1) is 16.3. The lowest BCUT2D eigenvalue weighted by Gasteiger charge is -2.38. The van der Waals surface area contributed by atoms with Gasteiger partial charge in [0, 0.05) is 17.9 Å². The molecule has 23 heavy (non-hydrogen) atoms. The highest BCUT2D eigenvalue weighted by molar-refractivity contribution is 5.43. The molecule has 0 bridgehead atoms. The number of methoxy groups -OCH3 is 2. The van der Waals surface area contributed by atoms with Crippen molar-refractivity contribution in [1.82, 2.24) is 0 Å². The molecule has 0 saturated heterocycles. The molecule has 3 rings (SSSR count). The number of likely N-dealkylation sites (N-methyl/N-ethyl adjacent to an activating group) is 1. The normalized spacial score (nSPS) is 26.7. The SMILES string of the molecule is COc1ccc([C@@H](C[NH2+][C@H]2C[C@H]3CC=C[C@@H]32)[NH+](C)C)cc1OC. The second-order valence-corrected chi connectivity index (χ2v) is 7.12. The second kappa shape index (κ2) is 6.93. The first-order valence-corrected chi connectivity index (χ1v) is 8.66. The predicted molar refractivity (Wildman–Crippen MR) is 91.0 cm³/mol. The number of benzene rings is 1. The lowest BCUT2D eigenvalue weighted by atomic mass is 9.71. The minimum Gasteiger partial charge on any atom is -0.493 e. The highest BCUT2D eigenvalue weighted by Crippen LogP contribution is 2.40. The summed E-state index contributed by atoms with van der Waals surface area (Å²) in [6.07, 6.45) is 7.47. The van der Waals surface area contributed by atoms with Gasteiger partial charge in [-0.2, -0.15) is 0 Å². The zero-order valence-electron chi connectivity index (χ0n) is 14.7. The third-order valence-corrected chi connectivity index (χ3v) is 5.59. The number of fused-ring (bicyclic) bond motifs is 1. The van der Waals surface area contributed by atoms with Crippen LogP contribution in [0.3, 0.4) is 0 Å². The van der Waals surface area contributed by atoms with Crippen molar-refractivity contribution >= 4 is 0 Å². The average Bonchev–Trinajstić information content (AvgIpc) is 2.91. The van der Waals surface area contributed by atoms with E-state index >= 15 is 0 Å². The summed E-state index contributed by atoms with van der Waals surface area (Å²) in [4.78, 5) is 1.45. The van der Waals surface area contributed by atoms with Crippen molar-refractivity contribution in [1.29, 1.82) is 0 Å². The first-order valence-electron chi connectivity index (χ1n) is 8.66. The number of quaternary nitrogens is 2. The van der Waals surface area contributed by atoms with Gasteiger partial charge < -0.3 is 19.7 Å². The van der Waals surface area contributed by atoms with E-state index in [1.54, 1.807) is 14.2 Å². The number of allylic oxidation sites excluding steroid dienone is 1. The van der Waals surface area contributed by atoms with Crippen molar-refractivity contribution in [3.63, 3.8) is 0 Å². The maximum absolute atomic E-state index is 5.47. The molecule has 126 valence electrons. The Balaban J connectivity index is 1.67. The summed E-state index contributed by atoms with van der Waals surface area (Å²) < 4.78 is 10.8. The van der Waals surface area contributed by atoms with E-state index in [0.717, 1.165) is 35.9 Å². The van der Waals surface area contributed by atoms with Gasteiger partial charge in [0.05, 0.1) is 34.4 Å². The van der Waals surface area contributed by atoms with E-state index in [1.807, 2.05) is 6.07 Å². The molecule has 0 amide bonds. The van der Waals surface area contributed by atoms with Crippen molar-refractivity contribution < 1.29 is 19.7 Å². The fraction of sp³-hybridized carbons (Fsp3) is 0.579. The van der Waals surface area contributed by atoms with E-state index in [0.29, 0.717) is 6.04 Å². The molecule has 3 N–H and O–H groups in total. The summed E-state index contributed by atoms with van der Waals surface area (Å²) in [5, 5.41) is 2.56. The zero-order chi connectivity index (χ0) is 16.4. The van der Waals surface area contributed by atoms with Crippen molar-refractivity contribution in [2.75, 3.05) is 34.9 Å². The molecule has 0 spiro atoms. The molecule has 1 fully saturated rings. The van der Waals surface area contributed by atoms with E-state index < -0.39 is 0 Å². The Bertz CT molecular complexity index is 570. The molecule has 1 aromatic rings. The van der Waals surface area contributed by atoms with Crippen LogP contribution >= 0.6 is 0 Å². The fourth-order valence-electron chi connectivity index (χ4n) is 4.12. The Morgan fingerprint density at radius 2 is 2.00 bits per heavy atom. The highest BCUT2D eigenvalue weighted by Gasteiger charge is 2.44. The van der Waals surface area contributed by atoms with Crippen LogP contribution < -0.4 is 19.7 Å². The summed E-state index contributed by atoms with van der Waals surface area (Å²) in [5.74, 6) is 3.37. The van der Waals surface area contributed by atoms with E-state index in [-0.39, 0.29) is 0 Å². The average molecular weight is 318 g/mol. The summed E-state index contributed by atoms with van der Waals surface area (Å²) >= 11 is 0. The monoisotopic (exact) mass is 318 g/mol. The van der Waals surface area contributed by atoms with Gasteiger partial charge in [-0.25, -0.2) is 0 Å². The first-order chi connectivity index (χ1) is 11.1. The Morgan fingerprint density at radius 3 is 2.65 bits per heavy atom. The lowest BCUT2D eigenvalue weighted by molar-refractivity contribution is -0.912. The smallest absolute Gasteiger partial charge is 0.162 e. The Labute approximate surface area is 139 Å². The number of hydrogen-bond donors (Lipinski definition) is 2. The maximum Gasteiger partial charge on any atom is 0.162 e. The fourth-order valence-corrected chi connectivity index (χ4v) is 4.12. The second-order valence-electron chi connectivity index (χ2n) is 7.12. The van der Waals surface area contributed by atoms with E-state index in [2.05, 4.69) is 43.7 Å². The van der Waals surface area contributed by atoms with E-state index in [1.165, 1.54) is 23.3 Å². The summed E-state index contributed by atoms with van der Waals surface area (Å²) in [6.45, 7) is 1.11. The molecule has 2 aliphatic rings. The van der Waals surface area contributed by atoms with Gasteiger partial charge in [0.15, 0.2) is 17.5 Å². The molecule has 0 unspecified atom stereocenters. The summed E-state index contributed by atoms with van der Waals surface area (Å²) in [5.41, 5.74) is 1.32. The van der Waals surface area contributed by atoms with Crippen molar-refractivity contribution in [3.05, 3.63) is 35.9 Å². The van der Waals surface area contributed by atoms with Crippen LogP contribution in [0.25, 0.3) is 0 Å². The molecule has 2 aliphatic carbocycles. The van der Waals surface area contributed by atoms with Crippen LogP contribution in [0.4, 0.5) is 0 Å². The Hall–Kier alpha value is -1.52. The van der Waals surface area contributed by atoms with Gasteiger partial charge in [-0.1, -0.05) is 12.2 Å². The third-order valence-electron chi connectivity index (χ3n) is 5.59. The third kappa shape index (κ3) is 3.24. The number of nitrogens with two attached hydrogens (primary N) is 1. The lowest BCUT2D eigenvalue weighted by Crippen LogP contribution is -3.10. The molecule has 4 nitrogen and oxygen atoms in total. The number of ether oxygens (including phenoxy) is 2. The molecular formula is C19H30N2O2+2. The Morgan fingerprint density at radius 1 is 1.22 bits per heavy atom.